The fraction of sp³-hybridized carbons (Fsp3) is 0.321. The molecule has 1 unspecified atom stereocenters. The van der Waals surface area contributed by atoms with Gasteiger partial charge in [0.25, 0.3) is 5.91 Å². The molecule has 0 aromatic heterocycles. The summed E-state index contributed by atoms with van der Waals surface area (Å²) < 4.78 is 5.88. The second-order valence-electron chi connectivity index (χ2n) is 8.82. The largest absolute Gasteiger partial charge is 0.484 e. The van der Waals surface area contributed by atoms with Gasteiger partial charge in [0, 0.05) is 26.2 Å². The van der Waals surface area contributed by atoms with Crippen LogP contribution in [-0.2, 0) is 17.8 Å². The summed E-state index contributed by atoms with van der Waals surface area (Å²) in [5, 5.41) is 2.90. The molecule has 5 nitrogen and oxygen atoms in total. The van der Waals surface area contributed by atoms with Crippen molar-refractivity contribution in [3.8, 4) is 5.75 Å². The third-order valence-electron chi connectivity index (χ3n) is 6.04. The van der Waals surface area contributed by atoms with E-state index in [1.165, 1.54) is 22.3 Å². The lowest BCUT2D eigenvalue weighted by atomic mass is 9.87. The minimum atomic E-state index is -0.0973. The van der Waals surface area contributed by atoms with Crippen LogP contribution in [0, 0.1) is 0 Å². The van der Waals surface area contributed by atoms with Crippen molar-refractivity contribution < 1.29 is 9.53 Å². The van der Waals surface area contributed by atoms with Gasteiger partial charge in [-0.15, -0.1) is 0 Å². The summed E-state index contributed by atoms with van der Waals surface area (Å²) in [5.41, 5.74) is 5.18. The van der Waals surface area contributed by atoms with E-state index in [0.717, 1.165) is 31.8 Å². The third kappa shape index (κ3) is 6.21. The van der Waals surface area contributed by atoms with Crippen LogP contribution in [0.2, 0.25) is 0 Å². The molecule has 0 aliphatic carbocycles. The number of nitrogens with zero attached hydrogens (tertiary/aromatic N) is 2. The normalized spacial score (nSPS) is 15.8. The van der Waals surface area contributed by atoms with Gasteiger partial charge in [-0.25, -0.2) is 0 Å². The van der Waals surface area contributed by atoms with Crippen molar-refractivity contribution in [1.29, 1.82) is 0 Å². The maximum absolute atomic E-state index is 12.2. The maximum atomic E-state index is 12.2. The van der Waals surface area contributed by atoms with Crippen molar-refractivity contribution in [3.63, 3.8) is 0 Å². The molecule has 3 aromatic carbocycles. The van der Waals surface area contributed by atoms with E-state index in [1.807, 2.05) is 25.1 Å². The van der Waals surface area contributed by atoms with E-state index in [2.05, 4.69) is 83.0 Å². The molecule has 1 atom stereocenters. The highest BCUT2D eigenvalue weighted by Crippen LogP contribution is 2.37. The smallest absolute Gasteiger partial charge is 0.257 e. The molecule has 5 heteroatoms. The predicted octanol–water partition coefficient (Wildman–Crippen LogP) is 3.89. The Morgan fingerprint density at radius 1 is 1.03 bits per heavy atom. The fourth-order valence-corrected chi connectivity index (χ4v) is 4.37. The number of carbonyl (C=O) groups is 1. The molecule has 1 N–H and O–H groups in total. The average molecular weight is 444 g/mol. The van der Waals surface area contributed by atoms with Crippen molar-refractivity contribution >= 4 is 5.91 Å². The molecule has 4 rings (SSSR count). The number of nitrogens with one attached hydrogen (secondary N) is 1. The molecule has 0 radical (unpaired) electrons. The molecule has 33 heavy (non-hydrogen) atoms. The van der Waals surface area contributed by atoms with Gasteiger partial charge in [0.1, 0.15) is 5.75 Å². The zero-order chi connectivity index (χ0) is 23.0. The van der Waals surface area contributed by atoms with Crippen molar-refractivity contribution in [2.45, 2.75) is 19.0 Å². The van der Waals surface area contributed by atoms with E-state index in [4.69, 9.17) is 4.74 Å². The molecule has 0 spiro atoms. The van der Waals surface area contributed by atoms with Gasteiger partial charge in [-0.2, -0.15) is 0 Å². The van der Waals surface area contributed by atoms with E-state index in [-0.39, 0.29) is 18.6 Å². The summed E-state index contributed by atoms with van der Waals surface area (Å²) >= 11 is 0. The SMILES string of the molecule is CN(C)CCNC(=O)COc1ccc2c(c1)C(c1ccccc1)N(Cc1ccccc1)CC2. The van der Waals surface area contributed by atoms with Gasteiger partial charge < -0.3 is 15.0 Å². The van der Waals surface area contributed by atoms with Crippen LogP contribution in [-0.4, -0.2) is 56.0 Å². The number of fused-ring (bicyclic) bond motifs is 1. The Balaban J connectivity index is 1.53. The molecular weight excluding hydrogens is 410 g/mol. The van der Waals surface area contributed by atoms with Crippen molar-refractivity contribution in [2.75, 3.05) is 40.3 Å². The summed E-state index contributed by atoms with van der Waals surface area (Å²) in [6.45, 7) is 3.33. The first-order chi connectivity index (χ1) is 16.1. The first-order valence-corrected chi connectivity index (χ1v) is 11.6. The molecule has 0 fully saturated rings. The number of ether oxygens (including phenoxy) is 1. The minimum absolute atomic E-state index is 0.0238. The predicted molar refractivity (Wildman–Crippen MR) is 132 cm³/mol. The number of carbonyl (C=O) groups excluding carboxylic acids is 1. The van der Waals surface area contributed by atoms with Crippen molar-refractivity contribution in [1.82, 2.24) is 15.1 Å². The first kappa shape index (κ1) is 23.0. The molecule has 1 heterocycles. The van der Waals surface area contributed by atoms with E-state index in [1.54, 1.807) is 0 Å². The number of hydrogen-bond acceptors (Lipinski definition) is 4. The van der Waals surface area contributed by atoms with E-state index < -0.39 is 0 Å². The quantitative estimate of drug-likeness (QED) is 0.545. The summed E-state index contributed by atoms with van der Waals surface area (Å²) in [6, 6.07) is 27.7. The minimum Gasteiger partial charge on any atom is -0.484 e. The Bertz CT molecular complexity index is 1040. The molecule has 3 aromatic rings. The van der Waals surface area contributed by atoms with Gasteiger partial charge in [-0.1, -0.05) is 66.7 Å². The van der Waals surface area contributed by atoms with E-state index in [0.29, 0.717) is 6.54 Å². The lowest BCUT2D eigenvalue weighted by Gasteiger charge is -2.38. The molecule has 172 valence electrons. The van der Waals surface area contributed by atoms with Gasteiger partial charge in [0.2, 0.25) is 0 Å². The Morgan fingerprint density at radius 3 is 2.48 bits per heavy atom. The Kier molecular flexibility index (Phi) is 7.76. The number of amides is 1. The van der Waals surface area contributed by atoms with Gasteiger partial charge in [-0.05, 0) is 54.9 Å². The van der Waals surface area contributed by atoms with Crippen LogP contribution in [0.15, 0.2) is 78.9 Å². The molecule has 1 amide bonds. The Labute approximate surface area is 197 Å². The zero-order valence-electron chi connectivity index (χ0n) is 19.5. The van der Waals surface area contributed by atoms with Crippen LogP contribution in [0.3, 0.4) is 0 Å². The average Bonchev–Trinajstić information content (AvgIpc) is 2.83. The third-order valence-corrected chi connectivity index (χ3v) is 6.04. The Hall–Kier alpha value is -3.15. The topological polar surface area (TPSA) is 44.8 Å². The molecule has 0 saturated carbocycles. The number of likely N-dealkylation sites (N-methyl/N-ethyl adjacent to an activating group) is 1. The van der Waals surface area contributed by atoms with Gasteiger partial charge in [0.05, 0.1) is 6.04 Å². The first-order valence-electron chi connectivity index (χ1n) is 11.6. The van der Waals surface area contributed by atoms with Crippen LogP contribution in [0.5, 0.6) is 5.75 Å². The van der Waals surface area contributed by atoms with E-state index >= 15 is 0 Å². The van der Waals surface area contributed by atoms with Gasteiger partial charge >= 0.3 is 0 Å². The van der Waals surface area contributed by atoms with Crippen LogP contribution in [0.4, 0.5) is 0 Å². The van der Waals surface area contributed by atoms with Gasteiger partial charge in [0.15, 0.2) is 6.61 Å². The summed E-state index contributed by atoms with van der Waals surface area (Å²) in [5.74, 6) is 0.638. The number of hydrogen-bond donors (Lipinski definition) is 1. The van der Waals surface area contributed by atoms with Crippen molar-refractivity contribution in [3.05, 3.63) is 101 Å². The highest BCUT2D eigenvalue weighted by Gasteiger charge is 2.29. The summed E-state index contributed by atoms with van der Waals surface area (Å²) in [7, 11) is 3.97. The monoisotopic (exact) mass is 443 g/mol. The molecule has 0 bridgehead atoms. The highest BCUT2D eigenvalue weighted by atomic mass is 16.5. The van der Waals surface area contributed by atoms with Crippen LogP contribution >= 0.6 is 0 Å². The Morgan fingerprint density at radius 2 is 1.76 bits per heavy atom. The van der Waals surface area contributed by atoms with E-state index in [9.17, 15) is 4.79 Å². The summed E-state index contributed by atoms with van der Waals surface area (Å²) in [4.78, 5) is 16.7. The lowest BCUT2D eigenvalue weighted by Crippen LogP contribution is -2.36. The fourth-order valence-electron chi connectivity index (χ4n) is 4.37. The van der Waals surface area contributed by atoms with Crippen molar-refractivity contribution in [2.24, 2.45) is 0 Å². The number of benzene rings is 3. The standard InChI is InChI=1S/C28H33N3O2/c1-30(2)18-16-29-27(32)21-33-25-14-13-23-15-17-31(20-22-9-5-3-6-10-22)28(26(23)19-25)24-11-7-4-8-12-24/h3-14,19,28H,15-18,20-21H2,1-2H3,(H,29,32). The van der Waals surface area contributed by atoms with Crippen LogP contribution < -0.4 is 10.1 Å². The molecule has 1 aliphatic rings. The highest BCUT2D eigenvalue weighted by molar-refractivity contribution is 5.77. The molecule has 1 aliphatic heterocycles. The van der Waals surface area contributed by atoms with Crippen LogP contribution in [0.1, 0.15) is 28.3 Å². The molecular formula is C28H33N3O2. The lowest BCUT2D eigenvalue weighted by molar-refractivity contribution is -0.123. The van der Waals surface area contributed by atoms with Crippen LogP contribution in [0.25, 0.3) is 0 Å². The second-order valence-corrected chi connectivity index (χ2v) is 8.82. The van der Waals surface area contributed by atoms with Gasteiger partial charge in [-0.3, -0.25) is 9.69 Å². The zero-order valence-corrected chi connectivity index (χ0v) is 19.5. The summed E-state index contributed by atoms with van der Waals surface area (Å²) in [6.07, 6.45) is 0.997. The maximum Gasteiger partial charge on any atom is 0.257 e. The second kappa shape index (κ2) is 11.1. The molecule has 0 saturated heterocycles. The number of rotatable bonds is 9.